The highest BCUT2D eigenvalue weighted by molar-refractivity contribution is 7.18. The van der Waals surface area contributed by atoms with Crippen molar-refractivity contribution in [3.8, 4) is 10.6 Å². The van der Waals surface area contributed by atoms with Crippen molar-refractivity contribution in [2.24, 2.45) is 0 Å². The second-order valence-electron chi connectivity index (χ2n) is 7.45. The number of pyridine rings is 1. The number of benzene rings is 1. The number of hydrogen-bond acceptors (Lipinski definition) is 8. The molecule has 1 saturated heterocycles. The van der Waals surface area contributed by atoms with Gasteiger partial charge in [-0.2, -0.15) is 5.10 Å². The molecule has 0 bridgehead atoms. The average Bonchev–Trinajstić information content (AvgIpc) is 3.46. The molecule has 5 rings (SSSR count). The van der Waals surface area contributed by atoms with Crippen molar-refractivity contribution in [2.75, 3.05) is 43.9 Å². The third kappa shape index (κ3) is 4.22. The van der Waals surface area contributed by atoms with Gasteiger partial charge in [0.25, 0.3) is 0 Å². The molecule has 0 saturated carbocycles. The van der Waals surface area contributed by atoms with Crippen LogP contribution in [0.4, 0.5) is 21.4 Å². The Morgan fingerprint density at radius 2 is 2.03 bits per heavy atom. The summed E-state index contributed by atoms with van der Waals surface area (Å²) in [6.45, 7) is 3.11. The molecule has 3 aromatic heterocycles. The van der Waals surface area contributed by atoms with Crippen LogP contribution in [-0.2, 0) is 0 Å². The SMILES string of the molecule is CN1CCN(C(=O)Nc2cc(-c3nnc(Nc4ccc5[nH]ncc5c4Cl)s3)ccn2)CC1. The Morgan fingerprint density at radius 3 is 2.88 bits per heavy atom. The number of anilines is 3. The van der Waals surface area contributed by atoms with Gasteiger partial charge in [-0.1, -0.05) is 22.9 Å². The lowest BCUT2D eigenvalue weighted by molar-refractivity contribution is 0.164. The van der Waals surface area contributed by atoms with Crippen LogP contribution in [0.25, 0.3) is 21.5 Å². The second-order valence-corrected chi connectivity index (χ2v) is 8.80. The number of carbonyl (C=O) groups is 1. The summed E-state index contributed by atoms with van der Waals surface area (Å²) in [5.41, 5.74) is 2.40. The summed E-state index contributed by atoms with van der Waals surface area (Å²) in [4.78, 5) is 20.8. The number of hydrogen-bond donors (Lipinski definition) is 3. The number of aromatic nitrogens is 5. The summed E-state index contributed by atoms with van der Waals surface area (Å²) in [5, 5.41) is 24.2. The van der Waals surface area contributed by atoms with Gasteiger partial charge in [0.1, 0.15) is 10.8 Å². The van der Waals surface area contributed by atoms with E-state index in [4.69, 9.17) is 11.6 Å². The van der Waals surface area contributed by atoms with E-state index in [1.807, 2.05) is 18.2 Å². The van der Waals surface area contributed by atoms with Crippen LogP contribution in [0.1, 0.15) is 0 Å². The van der Waals surface area contributed by atoms with Gasteiger partial charge in [-0.15, -0.1) is 10.2 Å². The molecular formula is C20H20ClN9OS. The highest BCUT2D eigenvalue weighted by Gasteiger charge is 2.19. The molecule has 12 heteroatoms. The zero-order valence-electron chi connectivity index (χ0n) is 17.2. The average molecular weight is 470 g/mol. The standard InChI is InChI=1S/C20H20ClN9OS/c1-29-6-8-30(9-7-29)20(31)25-16-10-12(4-5-22-16)18-27-28-19(32-18)24-15-3-2-14-13(17(15)21)11-23-26-14/h2-5,10-11H,6-9H2,1H3,(H,23,26)(H,24,28)(H,22,25,31). The minimum absolute atomic E-state index is 0.147. The number of aromatic amines is 1. The Bertz CT molecular complexity index is 1260. The minimum atomic E-state index is -0.147. The summed E-state index contributed by atoms with van der Waals surface area (Å²) >= 11 is 7.86. The number of fused-ring (bicyclic) bond motifs is 1. The fourth-order valence-corrected chi connectivity index (χ4v) is 4.43. The number of carbonyl (C=O) groups excluding carboxylic acids is 1. The van der Waals surface area contributed by atoms with Gasteiger partial charge >= 0.3 is 6.03 Å². The van der Waals surface area contributed by atoms with E-state index >= 15 is 0 Å². The first-order valence-corrected chi connectivity index (χ1v) is 11.2. The minimum Gasteiger partial charge on any atom is -0.329 e. The first kappa shape index (κ1) is 20.6. The molecule has 0 atom stereocenters. The molecule has 32 heavy (non-hydrogen) atoms. The van der Waals surface area contributed by atoms with E-state index in [0.717, 1.165) is 35.2 Å². The van der Waals surface area contributed by atoms with Gasteiger partial charge in [-0.3, -0.25) is 10.4 Å². The molecule has 4 heterocycles. The maximum Gasteiger partial charge on any atom is 0.323 e. The third-order valence-electron chi connectivity index (χ3n) is 5.26. The van der Waals surface area contributed by atoms with Crippen LogP contribution in [-0.4, -0.2) is 74.4 Å². The number of urea groups is 1. The Morgan fingerprint density at radius 1 is 1.19 bits per heavy atom. The molecule has 10 nitrogen and oxygen atoms in total. The molecule has 3 N–H and O–H groups in total. The van der Waals surface area contributed by atoms with Crippen LogP contribution in [0.2, 0.25) is 5.02 Å². The summed E-state index contributed by atoms with van der Waals surface area (Å²) < 4.78 is 0. The lowest BCUT2D eigenvalue weighted by atomic mass is 10.2. The molecule has 2 amide bonds. The van der Waals surface area contributed by atoms with Crippen LogP contribution in [0.15, 0.2) is 36.7 Å². The maximum absolute atomic E-state index is 12.5. The first-order valence-electron chi connectivity index (χ1n) is 10.00. The normalized spacial score (nSPS) is 14.6. The number of nitrogens with one attached hydrogen (secondary N) is 3. The van der Waals surface area contributed by atoms with Crippen molar-refractivity contribution in [2.45, 2.75) is 0 Å². The van der Waals surface area contributed by atoms with E-state index in [0.29, 0.717) is 34.1 Å². The van der Waals surface area contributed by atoms with Crippen molar-refractivity contribution < 1.29 is 4.79 Å². The molecule has 4 aromatic rings. The van der Waals surface area contributed by atoms with Crippen LogP contribution in [0, 0.1) is 0 Å². The van der Waals surface area contributed by atoms with Gasteiger partial charge in [-0.25, -0.2) is 9.78 Å². The monoisotopic (exact) mass is 469 g/mol. The van der Waals surface area contributed by atoms with E-state index in [2.05, 4.69) is 48.0 Å². The van der Waals surface area contributed by atoms with E-state index in [9.17, 15) is 4.79 Å². The number of piperazine rings is 1. The lowest BCUT2D eigenvalue weighted by Crippen LogP contribution is -2.48. The molecule has 0 aliphatic carbocycles. The smallest absolute Gasteiger partial charge is 0.323 e. The number of rotatable bonds is 4. The van der Waals surface area contributed by atoms with Crippen LogP contribution in [0.5, 0.6) is 0 Å². The van der Waals surface area contributed by atoms with Gasteiger partial charge in [0.15, 0.2) is 0 Å². The molecule has 1 aromatic carbocycles. The second kappa shape index (κ2) is 8.69. The predicted octanol–water partition coefficient (Wildman–Crippen LogP) is 3.65. The fourth-order valence-electron chi connectivity index (χ4n) is 3.42. The maximum atomic E-state index is 12.5. The first-order chi connectivity index (χ1) is 15.6. The largest absolute Gasteiger partial charge is 0.329 e. The van der Waals surface area contributed by atoms with Crippen LogP contribution >= 0.6 is 22.9 Å². The number of nitrogens with zero attached hydrogens (tertiary/aromatic N) is 6. The van der Waals surface area contributed by atoms with Gasteiger partial charge in [-0.05, 0) is 31.3 Å². The van der Waals surface area contributed by atoms with Gasteiger partial charge in [0.2, 0.25) is 5.13 Å². The highest BCUT2D eigenvalue weighted by atomic mass is 35.5. The van der Waals surface area contributed by atoms with E-state index in [1.165, 1.54) is 11.3 Å². The summed E-state index contributed by atoms with van der Waals surface area (Å²) in [5.74, 6) is 0.476. The van der Waals surface area contributed by atoms with Crippen molar-refractivity contribution in [3.05, 3.63) is 41.7 Å². The fraction of sp³-hybridized carbons (Fsp3) is 0.250. The number of likely N-dealkylation sites (N-methyl/N-ethyl adjacent to an activating group) is 1. The Labute approximate surface area is 192 Å². The lowest BCUT2D eigenvalue weighted by Gasteiger charge is -2.32. The number of amides is 2. The van der Waals surface area contributed by atoms with Gasteiger partial charge in [0.05, 0.1) is 22.4 Å². The van der Waals surface area contributed by atoms with Crippen molar-refractivity contribution >= 4 is 56.5 Å². The molecule has 0 spiro atoms. The van der Waals surface area contributed by atoms with Gasteiger partial charge < -0.3 is 15.1 Å². The Hall–Kier alpha value is -3.28. The molecular weight excluding hydrogens is 450 g/mol. The topological polar surface area (TPSA) is 115 Å². The summed E-state index contributed by atoms with van der Waals surface area (Å²) in [6, 6.07) is 7.24. The van der Waals surface area contributed by atoms with Crippen LogP contribution < -0.4 is 10.6 Å². The number of halogens is 1. The zero-order valence-corrected chi connectivity index (χ0v) is 18.7. The molecule has 0 radical (unpaired) electrons. The van der Waals surface area contributed by atoms with Crippen molar-refractivity contribution in [1.29, 1.82) is 0 Å². The zero-order chi connectivity index (χ0) is 22.1. The van der Waals surface area contributed by atoms with E-state index in [-0.39, 0.29) is 6.03 Å². The highest BCUT2D eigenvalue weighted by Crippen LogP contribution is 2.34. The Balaban J connectivity index is 1.29. The Kier molecular flexibility index (Phi) is 5.60. The molecule has 164 valence electrons. The van der Waals surface area contributed by atoms with Crippen molar-refractivity contribution in [3.63, 3.8) is 0 Å². The summed E-state index contributed by atoms with van der Waals surface area (Å²) in [7, 11) is 2.05. The predicted molar refractivity (Wildman–Crippen MR) is 126 cm³/mol. The number of H-pyrrole nitrogens is 1. The van der Waals surface area contributed by atoms with E-state index < -0.39 is 0 Å². The van der Waals surface area contributed by atoms with E-state index in [1.54, 1.807) is 23.4 Å². The molecule has 0 unspecified atom stereocenters. The van der Waals surface area contributed by atoms with Crippen molar-refractivity contribution in [1.82, 2.24) is 35.2 Å². The third-order valence-corrected chi connectivity index (χ3v) is 6.55. The molecule has 1 fully saturated rings. The molecule has 1 aliphatic rings. The van der Waals surface area contributed by atoms with Gasteiger partial charge in [0, 0.05) is 43.3 Å². The molecule has 1 aliphatic heterocycles. The van der Waals surface area contributed by atoms with Crippen LogP contribution in [0.3, 0.4) is 0 Å². The quantitative estimate of drug-likeness (QED) is 0.417. The summed E-state index contributed by atoms with van der Waals surface area (Å²) in [6.07, 6.45) is 3.33.